The van der Waals surface area contributed by atoms with Crippen LogP contribution in [0.25, 0.3) is 0 Å². The summed E-state index contributed by atoms with van der Waals surface area (Å²) in [6, 6.07) is 21.5. The van der Waals surface area contributed by atoms with Crippen molar-refractivity contribution >= 4 is 26.5 Å². The fourth-order valence-corrected chi connectivity index (χ4v) is 10.4. The molecule has 0 radical (unpaired) electrons. The van der Waals surface area contributed by atoms with Gasteiger partial charge in [-0.1, -0.05) is 85.1 Å². The maximum atomic E-state index is 13.4. The molecule has 2 atom stereocenters. The van der Waals surface area contributed by atoms with E-state index in [9.17, 15) is 19.0 Å². The van der Waals surface area contributed by atoms with Crippen LogP contribution in [0.3, 0.4) is 0 Å². The molecule has 170 valence electrons. The summed E-state index contributed by atoms with van der Waals surface area (Å²) in [5.41, 5.74) is 1.84. The normalized spacial score (nSPS) is 14.2. The summed E-state index contributed by atoms with van der Waals surface area (Å²) in [4.78, 5) is 0. The molecule has 0 fully saturated rings. The minimum Gasteiger partial charge on any atom is -0.396 e. The van der Waals surface area contributed by atoms with Crippen LogP contribution in [0, 0.1) is 11.6 Å². The van der Waals surface area contributed by atoms with Crippen molar-refractivity contribution in [2.45, 2.75) is 37.3 Å². The first-order valence-corrected chi connectivity index (χ1v) is 17.1. The molecule has 2 nitrogen and oxygen atoms in total. The number of aliphatic hydroxyl groups is 2. The van der Waals surface area contributed by atoms with Crippen LogP contribution in [0.1, 0.15) is 22.2 Å². The van der Waals surface area contributed by atoms with Gasteiger partial charge in [0.1, 0.15) is 11.6 Å². The van der Waals surface area contributed by atoms with E-state index in [1.54, 1.807) is 24.3 Å². The highest BCUT2D eigenvalue weighted by Crippen LogP contribution is 2.29. The highest BCUT2D eigenvalue weighted by molar-refractivity contribution is 6.92. The first-order valence-electron chi connectivity index (χ1n) is 10.9. The Hall–Kier alpha value is -2.13. The van der Waals surface area contributed by atoms with Crippen LogP contribution in [0.2, 0.25) is 26.2 Å². The van der Waals surface area contributed by atoms with Crippen molar-refractivity contribution in [1.29, 1.82) is 0 Å². The summed E-state index contributed by atoms with van der Waals surface area (Å²) in [5.74, 6) is -0.554. The van der Waals surface area contributed by atoms with Crippen LogP contribution in [0.4, 0.5) is 8.78 Å². The van der Waals surface area contributed by atoms with Crippen molar-refractivity contribution in [3.8, 4) is 0 Å². The van der Waals surface area contributed by atoms with Crippen LogP contribution in [-0.2, 0) is 0 Å². The largest absolute Gasteiger partial charge is 0.396 e. The molecular weight excluding hydrogens is 438 g/mol. The van der Waals surface area contributed by atoms with Crippen LogP contribution in [0.15, 0.2) is 72.8 Å². The molecule has 0 heterocycles. The fourth-order valence-electron chi connectivity index (χ4n) is 4.62. The SMILES string of the molecule is C[Si](C)(c1ccc([Si](C)(C)C(CO)c2ccc(F)cc2)cc1)C(CO)c1ccc(F)cc1. The summed E-state index contributed by atoms with van der Waals surface area (Å²) >= 11 is 0. The third-order valence-electron chi connectivity index (χ3n) is 7.03. The minimum atomic E-state index is -2.10. The van der Waals surface area contributed by atoms with E-state index in [1.165, 1.54) is 34.6 Å². The molecule has 0 aliphatic rings. The van der Waals surface area contributed by atoms with E-state index in [1.807, 2.05) is 0 Å². The number of hydrogen-bond donors (Lipinski definition) is 2. The molecule has 3 aromatic rings. The Morgan fingerprint density at radius 3 is 1.09 bits per heavy atom. The lowest BCUT2D eigenvalue weighted by Crippen LogP contribution is -2.52. The molecule has 0 amide bonds. The average molecular weight is 471 g/mol. The minimum absolute atomic E-state index is 0.0179. The van der Waals surface area contributed by atoms with Gasteiger partial charge >= 0.3 is 0 Å². The second-order valence-electron chi connectivity index (χ2n) is 9.59. The zero-order valence-corrected chi connectivity index (χ0v) is 21.1. The van der Waals surface area contributed by atoms with E-state index in [-0.39, 0.29) is 35.9 Å². The topological polar surface area (TPSA) is 40.5 Å². The molecule has 0 aliphatic heterocycles. The molecule has 0 saturated heterocycles. The standard InChI is InChI=1S/C26H32F2O2Si2/c1-31(2,25(17-29)19-5-9-21(27)10-6-19)23-13-15-24(16-14-23)32(3,4)26(18-30)20-7-11-22(28)12-8-20/h5-16,25-26,29-30H,17-18H2,1-4H3. The van der Waals surface area contributed by atoms with Crippen molar-refractivity contribution in [2.75, 3.05) is 13.2 Å². The van der Waals surface area contributed by atoms with Crippen molar-refractivity contribution in [3.05, 3.63) is 95.6 Å². The third-order valence-corrected chi connectivity index (χ3v) is 15.2. The lowest BCUT2D eigenvalue weighted by molar-refractivity contribution is 0.290. The van der Waals surface area contributed by atoms with E-state index in [2.05, 4.69) is 50.5 Å². The smallest absolute Gasteiger partial charge is 0.123 e. The van der Waals surface area contributed by atoms with Crippen molar-refractivity contribution in [3.63, 3.8) is 0 Å². The number of halogens is 2. The molecule has 0 spiro atoms. The van der Waals surface area contributed by atoms with Gasteiger partial charge in [0.25, 0.3) is 0 Å². The zero-order chi connectivity index (χ0) is 23.5. The van der Waals surface area contributed by atoms with Crippen molar-refractivity contribution in [1.82, 2.24) is 0 Å². The van der Waals surface area contributed by atoms with Gasteiger partial charge in [-0.2, -0.15) is 0 Å². The zero-order valence-electron chi connectivity index (χ0n) is 19.1. The molecule has 6 heteroatoms. The molecule has 0 aromatic heterocycles. The van der Waals surface area contributed by atoms with Crippen LogP contribution in [-0.4, -0.2) is 39.6 Å². The molecular formula is C26H32F2O2Si2. The molecule has 0 saturated carbocycles. The Kier molecular flexibility index (Phi) is 7.50. The van der Waals surface area contributed by atoms with Gasteiger partial charge in [0.2, 0.25) is 0 Å². The second kappa shape index (κ2) is 9.79. The molecule has 32 heavy (non-hydrogen) atoms. The molecule has 2 unspecified atom stereocenters. The summed E-state index contributed by atoms with van der Waals surface area (Å²) in [5, 5.41) is 22.8. The van der Waals surface area contributed by atoms with E-state index >= 15 is 0 Å². The van der Waals surface area contributed by atoms with Gasteiger partial charge in [0.15, 0.2) is 0 Å². The highest BCUT2D eigenvalue weighted by atomic mass is 28.3. The van der Waals surface area contributed by atoms with Crippen molar-refractivity contribution < 1.29 is 19.0 Å². The lowest BCUT2D eigenvalue weighted by atomic mass is 10.1. The predicted molar refractivity (Wildman–Crippen MR) is 133 cm³/mol. The Bertz CT molecular complexity index is 933. The predicted octanol–water partition coefficient (Wildman–Crippen LogP) is 4.43. The van der Waals surface area contributed by atoms with Crippen molar-refractivity contribution in [2.24, 2.45) is 0 Å². The lowest BCUT2D eigenvalue weighted by Gasteiger charge is -2.35. The summed E-state index contributed by atoms with van der Waals surface area (Å²) in [6.45, 7) is 8.94. The molecule has 0 bridgehead atoms. The van der Waals surface area contributed by atoms with Gasteiger partial charge in [0.05, 0.1) is 16.1 Å². The van der Waals surface area contributed by atoms with Gasteiger partial charge in [-0.25, -0.2) is 8.78 Å². The second-order valence-corrected chi connectivity index (χ2v) is 19.0. The van der Waals surface area contributed by atoms with E-state index in [0.29, 0.717) is 0 Å². The average Bonchev–Trinajstić information content (AvgIpc) is 2.77. The van der Waals surface area contributed by atoms with Gasteiger partial charge in [-0.05, 0) is 35.4 Å². The first kappa shape index (κ1) is 24.5. The van der Waals surface area contributed by atoms with E-state index < -0.39 is 16.1 Å². The maximum absolute atomic E-state index is 13.4. The maximum Gasteiger partial charge on any atom is 0.123 e. The molecule has 2 N–H and O–H groups in total. The quantitative estimate of drug-likeness (QED) is 0.478. The fraction of sp³-hybridized carbons (Fsp3) is 0.308. The third kappa shape index (κ3) is 4.93. The number of hydrogen-bond acceptors (Lipinski definition) is 2. The number of rotatable bonds is 8. The Labute approximate surface area is 191 Å². The van der Waals surface area contributed by atoms with E-state index in [0.717, 1.165) is 11.1 Å². The Morgan fingerprint density at radius 1 is 0.562 bits per heavy atom. The highest BCUT2D eigenvalue weighted by Gasteiger charge is 2.37. The van der Waals surface area contributed by atoms with Gasteiger partial charge < -0.3 is 10.2 Å². The van der Waals surface area contributed by atoms with Crippen LogP contribution < -0.4 is 10.4 Å². The molecule has 3 rings (SSSR count). The van der Waals surface area contributed by atoms with E-state index in [4.69, 9.17) is 0 Å². The summed E-state index contributed by atoms with van der Waals surface area (Å²) in [6.07, 6.45) is 0. The number of benzene rings is 3. The van der Waals surface area contributed by atoms with Gasteiger partial charge in [-0.3, -0.25) is 0 Å². The summed E-state index contributed by atoms with van der Waals surface area (Å²) in [7, 11) is -4.21. The van der Waals surface area contributed by atoms with Gasteiger partial charge in [0, 0.05) is 24.3 Å². The Morgan fingerprint density at radius 2 is 0.844 bits per heavy atom. The summed E-state index contributed by atoms with van der Waals surface area (Å²) < 4.78 is 26.8. The molecule has 0 aliphatic carbocycles. The van der Waals surface area contributed by atoms with Crippen LogP contribution in [0.5, 0.6) is 0 Å². The Balaban J connectivity index is 1.91. The van der Waals surface area contributed by atoms with Crippen LogP contribution >= 0.6 is 0 Å². The number of aliphatic hydroxyl groups excluding tert-OH is 2. The first-order chi connectivity index (χ1) is 15.1. The monoisotopic (exact) mass is 470 g/mol. The van der Waals surface area contributed by atoms with Gasteiger partial charge in [-0.15, -0.1) is 0 Å². The molecule has 3 aromatic carbocycles.